The average molecular weight is 354 g/mol. The highest BCUT2D eigenvalue weighted by molar-refractivity contribution is 5.77. The predicted molar refractivity (Wildman–Crippen MR) is 101 cm³/mol. The monoisotopic (exact) mass is 354 g/mol. The van der Waals surface area contributed by atoms with Crippen LogP contribution in [-0.4, -0.2) is 31.6 Å². The Morgan fingerprint density at radius 3 is 2.46 bits per heavy atom. The molecule has 2 N–H and O–H groups in total. The third kappa shape index (κ3) is 5.49. The van der Waals surface area contributed by atoms with Crippen LogP contribution in [0.5, 0.6) is 11.5 Å². The molecule has 0 saturated carbocycles. The fourth-order valence-corrected chi connectivity index (χ4v) is 3.00. The lowest BCUT2D eigenvalue weighted by Crippen LogP contribution is -2.49. The third-order valence-electron chi connectivity index (χ3n) is 4.57. The van der Waals surface area contributed by atoms with Crippen molar-refractivity contribution in [2.75, 3.05) is 19.7 Å². The van der Waals surface area contributed by atoms with E-state index in [0.29, 0.717) is 18.3 Å². The highest BCUT2D eigenvalue weighted by Gasteiger charge is 2.22. The molecule has 1 heterocycles. The second-order valence-corrected chi connectivity index (χ2v) is 6.68. The first-order valence-corrected chi connectivity index (χ1v) is 9.10. The first-order chi connectivity index (χ1) is 12.7. The first kappa shape index (κ1) is 18.3. The van der Waals surface area contributed by atoms with E-state index in [2.05, 4.69) is 17.6 Å². The summed E-state index contributed by atoms with van der Waals surface area (Å²) in [5, 5.41) is 6.39. The summed E-state index contributed by atoms with van der Waals surface area (Å²) in [7, 11) is 0. The van der Waals surface area contributed by atoms with Crippen LogP contribution in [0.15, 0.2) is 54.6 Å². The lowest BCUT2D eigenvalue weighted by atomic mass is 9.95. The maximum Gasteiger partial charge on any atom is 0.258 e. The Morgan fingerprint density at radius 1 is 1.08 bits per heavy atom. The topological polar surface area (TPSA) is 59.6 Å². The minimum atomic E-state index is -0.0758. The van der Waals surface area contributed by atoms with Crippen LogP contribution in [0, 0.1) is 5.92 Å². The summed E-state index contributed by atoms with van der Waals surface area (Å²) >= 11 is 0. The molecular formula is C21H26N2O3. The molecule has 1 fully saturated rings. The molecular weight excluding hydrogens is 328 g/mol. The van der Waals surface area contributed by atoms with Gasteiger partial charge in [0.15, 0.2) is 6.61 Å². The van der Waals surface area contributed by atoms with E-state index in [1.165, 1.54) is 0 Å². The minimum absolute atomic E-state index is 0.0286. The molecule has 26 heavy (non-hydrogen) atoms. The molecule has 1 amide bonds. The summed E-state index contributed by atoms with van der Waals surface area (Å²) in [5.41, 5.74) is 1.12. The molecule has 2 atom stereocenters. The largest absolute Gasteiger partial charge is 0.489 e. The summed E-state index contributed by atoms with van der Waals surface area (Å²) in [6.07, 6.45) is 0.959. The predicted octanol–water partition coefficient (Wildman–Crippen LogP) is 2.76. The fourth-order valence-electron chi connectivity index (χ4n) is 3.00. The van der Waals surface area contributed by atoms with Gasteiger partial charge in [-0.05, 0) is 55.3 Å². The Kier molecular flexibility index (Phi) is 6.50. The van der Waals surface area contributed by atoms with Crippen molar-refractivity contribution < 1.29 is 14.3 Å². The Labute approximate surface area is 154 Å². The van der Waals surface area contributed by atoms with Crippen molar-refractivity contribution in [2.45, 2.75) is 26.0 Å². The van der Waals surface area contributed by atoms with Gasteiger partial charge in [-0.15, -0.1) is 0 Å². The quantitative estimate of drug-likeness (QED) is 0.803. The van der Waals surface area contributed by atoms with Crippen LogP contribution in [-0.2, 0) is 11.4 Å². The second-order valence-electron chi connectivity index (χ2n) is 6.68. The molecule has 3 rings (SSSR count). The van der Waals surface area contributed by atoms with E-state index in [9.17, 15) is 4.79 Å². The molecule has 1 saturated heterocycles. The van der Waals surface area contributed by atoms with Crippen molar-refractivity contribution in [3.63, 3.8) is 0 Å². The Balaban J connectivity index is 1.41. The van der Waals surface area contributed by atoms with Gasteiger partial charge < -0.3 is 20.1 Å². The molecule has 0 radical (unpaired) electrons. The van der Waals surface area contributed by atoms with E-state index in [1.807, 2.05) is 54.6 Å². The third-order valence-corrected chi connectivity index (χ3v) is 4.57. The molecule has 0 aromatic heterocycles. The number of carbonyl (C=O) groups excluding carboxylic acids is 1. The summed E-state index contributed by atoms with van der Waals surface area (Å²) < 4.78 is 11.3. The second kappa shape index (κ2) is 9.25. The van der Waals surface area contributed by atoms with Crippen LogP contribution in [0.25, 0.3) is 0 Å². The SMILES string of the molecule is CC1CNCCC1NC(=O)COc1ccc(OCc2ccccc2)cc1. The molecule has 1 aliphatic rings. The minimum Gasteiger partial charge on any atom is -0.489 e. The molecule has 0 bridgehead atoms. The van der Waals surface area contributed by atoms with Gasteiger partial charge in [0.2, 0.25) is 0 Å². The lowest BCUT2D eigenvalue weighted by molar-refractivity contribution is -0.124. The zero-order chi connectivity index (χ0) is 18.2. The van der Waals surface area contributed by atoms with Gasteiger partial charge >= 0.3 is 0 Å². The molecule has 2 aromatic rings. The van der Waals surface area contributed by atoms with E-state index in [0.717, 1.165) is 30.8 Å². The maximum atomic E-state index is 12.1. The Morgan fingerprint density at radius 2 is 1.77 bits per heavy atom. The van der Waals surface area contributed by atoms with Crippen molar-refractivity contribution >= 4 is 5.91 Å². The summed E-state index contributed by atoms with van der Waals surface area (Å²) in [6, 6.07) is 17.6. The molecule has 2 aromatic carbocycles. The van der Waals surface area contributed by atoms with Crippen molar-refractivity contribution in [2.24, 2.45) is 5.92 Å². The van der Waals surface area contributed by atoms with Crippen LogP contribution in [0.1, 0.15) is 18.9 Å². The van der Waals surface area contributed by atoms with Gasteiger partial charge in [-0.25, -0.2) is 0 Å². The van der Waals surface area contributed by atoms with Gasteiger partial charge in [-0.2, -0.15) is 0 Å². The van der Waals surface area contributed by atoms with Gasteiger partial charge in [-0.3, -0.25) is 4.79 Å². The molecule has 5 heteroatoms. The number of benzene rings is 2. The molecule has 0 spiro atoms. The van der Waals surface area contributed by atoms with Gasteiger partial charge in [0.05, 0.1) is 0 Å². The molecule has 138 valence electrons. The smallest absolute Gasteiger partial charge is 0.258 e. The molecule has 5 nitrogen and oxygen atoms in total. The number of ether oxygens (including phenoxy) is 2. The summed E-state index contributed by atoms with van der Waals surface area (Å²) in [6.45, 7) is 4.59. The average Bonchev–Trinajstić information content (AvgIpc) is 2.68. The zero-order valence-electron chi connectivity index (χ0n) is 15.1. The van der Waals surface area contributed by atoms with Gasteiger partial charge in [0.25, 0.3) is 5.91 Å². The Bertz CT molecular complexity index is 688. The first-order valence-electron chi connectivity index (χ1n) is 9.10. The van der Waals surface area contributed by atoms with Crippen LogP contribution >= 0.6 is 0 Å². The number of rotatable bonds is 7. The fraction of sp³-hybridized carbons (Fsp3) is 0.381. The number of nitrogens with one attached hydrogen (secondary N) is 2. The van der Waals surface area contributed by atoms with Crippen LogP contribution in [0.3, 0.4) is 0 Å². The highest BCUT2D eigenvalue weighted by Crippen LogP contribution is 2.19. The molecule has 1 aliphatic heterocycles. The number of hydrogen-bond acceptors (Lipinski definition) is 4. The van der Waals surface area contributed by atoms with Crippen molar-refractivity contribution in [3.05, 3.63) is 60.2 Å². The van der Waals surface area contributed by atoms with E-state index in [-0.39, 0.29) is 18.6 Å². The van der Waals surface area contributed by atoms with Crippen molar-refractivity contribution in [1.82, 2.24) is 10.6 Å². The standard InChI is InChI=1S/C21H26N2O3/c1-16-13-22-12-11-20(16)23-21(24)15-26-19-9-7-18(8-10-19)25-14-17-5-3-2-4-6-17/h2-10,16,20,22H,11-15H2,1H3,(H,23,24). The zero-order valence-corrected chi connectivity index (χ0v) is 15.1. The Hall–Kier alpha value is -2.53. The normalized spacial score (nSPS) is 19.6. The van der Waals surface area contributed by atoms with Crippen LogP contribution in [0.4, 0.5) is 0 Å². The highest BCUT2D eigenvalue weighted by atomic mass is 16.5. The van der Waals surface area contributed by atoms with Crippen LogP contribution < -0.4 is 20.1 Å². The number of piperidine rings is 1. The maximum absolute atomic E-state index is 12.1. The van der Waals surface area contributed by atoms with Crippen molar-refractivity contribution in [3.8, 4) is 11.5 Å². The van der Waals surface area contributed by atoms with Gasteiger partial charge in [0, 0.05) is 6.04 Å². The number of amides is 1. The molecule has 0 aliphatic carbocycles. The van der Waals surface area contributed by atoms with Gasteiger partial charge in [0.1, 0.15) is 18.1 Å². The van der Waals surface area contributed by atoms with Crippen molar-refractivity contribution in [1.29, 1.82) is 0 Å². The number of hydrogen-bond donors (Lipinski definition) is 2. The van der Waals surface area contributed by atoms with E-state index in [4.69, 9.17) is 9.47 Å². The summed E-state index contributed by atoms with van der Waals surface area (Å²) in [5.74, 6) is 1.79. The van der Waals surface area contributed by atoms with E-state index in [1.54, 1.807) is 0 Å². The lowest BCUT2D eigenvalue weighted by Gasteiger charge is -2.30. The molecule has 2 unspecified atom stereocenters. The van der Waals surface area contributed by atoms with E-state index < -0.39 is 0 Å². The van der Waals surface area contributed by atoms with E-state index >= 15 is 0 Å². The van der Waals surface area contributed by atoms with Gasteiger partial charge in [-0.1, -0.05) is 37.3 Å². The van der Waals surface area contributed by atoms with Crippen LogP contribution in [0.2, 0.25) is 0 Å². The number of carbonyl (C=O) groups is 1. The summed E-state index contributed by atoms with van der Waals surface area (Å²) in [4.78, 5) is 12.1.